The number of benzene rings is 1. The Morgan fingerprint density at radius 3 is 2.31 bits per heavy atom. The molecular formula is C20H28N2O4. The minimum Gasteiger partial charge on any atom is -0.496 e. The van der Waals surface area contributed by atoms with E-state index in [9.17, 15) is 4.79 Å². The van der Waals surface area contributed by atoms with E-state index in [-0.39, 0.29) is 11.3 Å². The van der Waals surface area contributed by atoms with Crippen LogP contribution < -0.4 is 14.8 Å². The standard InChI is InChI=1S/C20H28N2O4/c1-13-14(26-19(22-13)20(2,3)4)11-8-12-21-18(23)17-15(24-5)9-7-10-16(17)25-6/h7,9-10H,8,11-12H2,1-6H3,(H,21,23). The van der Waals surface area contributed by atoms with Gasteiger partial charge in [-0.15, -0.1) is 0 Å². The number of aryl methyl sites for hydroxylation is 2. The summed E-state index contributed by atoms with van der Waals surface area (Å²) in [6.07, 6.45) is 1.47. The van der Waals surface area contributed by atoms with Crippen LogP contribution in [-0.2, 0) is 11.8 Å². The molecule has 1 aromatic carbocycles. The first-order valence-electron chi connectivity index (χ1n) is 8.74. The van der Waals surface area contributed by atoms with Crippen molar-refractivity contribution in [2.45, 2.75) is 46.0 Å². The third-order valence-electron chi connectivity index (χ3n) is 4.06. The van der Waals surface area contributed by atoms with Crippen LogP contribution in [-0.4, -0.2) is 31.7 Å². The van der Waals surface area contributed by atoms with E-state index in [2.05, 4.69) is 31.1 Å². The lowest BCUT2D eigenvalue weighted by molar-refractivity contribution is 0.0946. The van der Waals surface area contributed by atoms with Gasteiger partial charge in [-0.1, -0.05) is 26.8 Å². The van der Waals surface area contributed by atoms with E-state index < -0.39 is 0 Å². The molecule has 0 aliphatic rings. The van der Waals surface area contributed by atoms with E-state index in [1.54, 1.807) is 18.2 Å². The van der Waals surface area contributed by atoms with E-state index in [0.29, 0.717) is 23.6 Å². The van der Waals surface area contributed by atoms with Gasteiger partial charge in [0, 0.05) is 18.4 Å². The highest BCUT2D eigenvalue weighted by Gasteiger charge is 2.22. The first kappa shape index (κ1) is 19.8. The topological polar surface area (TPSA) is 73.6 Å². The molecule has 142 valence electrons. The van der Waals surface area contributed by atoms with Gasteiger partial charge < -0.3 is 19.2 Å². The maximum absolute atomic E-state index is 12.5. The van der Waals surface area contributed by atoms with Crippen molar-refractivity contribution in [1.29, 1.82) is 0 Å². The summed E-state index contributed by atoms with van der Waals surface area (Å²) in [5.74, 6) is 2.38. The van der Waals surface area contributed by atoms with Gasteiger partial charge in [0.2, 0.25) is 0 Å². The molecule has 0 aliphatic heterocycles. The summed E-state index contributed by atoms with van der Waals surface area (Å²) in [6, 6.07) is 5.26. The highest BCUT2D eigenvalue weighted by molar-refractivity contribution is 5.99. The summed E-state index contributed by atoms with van der Waals surface area (Å²) in [5.41, 5.74) is 1.20. The highest BCUT2D eigenvalue weighted by Crippen LogP contribution is 2.28. The van der Waals surface area contributed by atoms with Gasteiger partial charge in [0.05, 0.1) is 19.9 Å². The van der Waals surface area contributed by atoms with Gasteiger partial charge in [0.1, 0.15) is 22.8 Å². The molecule has 6 nitrogen and oxygen atoms in total. The SMILES string of the molecule is COc1cccc(OC)c1C(=O)NCCCc1oc(C(C)(C)C)nc1C. The first-order chi connectivity index (χ1) is 12.3. The predicted molar refractivity (Wildman–Crippen MR) is 100 cm³/mol. The van der Waals surface area contributed by atoms with E-state index >= 15 is 0 Å². The predicted octanol–water partition coefficient (Wildman–Crippen LogP) is 3.66. The molecular weight excluding hydrogens is 332 g/mol. The molecule has 2 rings (SSSR count). The van der Waals surface area contributed by atoms with Crippen LogP contribution in [0.3, 0.4) is 0 Å². The molecule has 0 unspecified atom stereocenters. The average molecular weight is 360 g/mol. The number of carbonyl (C=O) groups excluding carboxylic acids is 1. The van der Waals surface area contributed by atoms with Gasteiger partial charge in [-0.05, 0) is 25.5 Å². The molecule has 1 aromatic heterocycles. The molecule has 1 N–H and O–H groups in total. The summed E-state index contributed by atoms with van der Waals surface area (Å²) in [5, 5.41) is 2.91. The zero-order valence-corrected chi connectivity index (χ0v) is 16.4. The lowest BCUT2D eigenvalue weighted by Crippen LogP contribution is -2.25. The maximum atomic E-state index is 12.5. The normalized spacial score (nSPS) is 11.3. The first-order valence-corrected chi connectivity index (χ1v) is 8.74. The maximum Gasteiger partial charge on any atom is 0.258 e. The Kier molecular flexibility index (Phi) is 6.29. The van der Waals surface area contributed by atoms with E-state index in [0.717, 1.165) is 30.2 Å². The number of aromatic nitrogens is 1. The summed E-state index contributed by atoms with van der Waals surface area (Å²) in [6.45, 7) is 8.69. The fourth-order valence-electron chi connectivity index (χ4n) is 2.60. The Morgan fingerprint density at radius 2 is 1.81 bits per heavy atom. The number of hydrogen-bond acceptors (Lipinski definition) is 5. The summed E-state index contributed by atoms with van der Waals surface area (Å²) in [4.78, 5) is 17.0. The molecule has 0 atom stereocenters. The number of methoxy groups -OCH3 is 2. The van der Waals surface area contributed by atoms with E-state index in [4.69, 9.17) is 13.9 Å². The van der Waals surface area contributed by atoms with Gasteiger partial charge >= 0.3 is 0 Å². The zero-order chi connectivity index (χ0) is 19.3. The van der Waals surface area contributed by atoms with Crippen molar-refractivity contribution >= 4 is 5.91 Å². The van der Waals surface area contributed by atoms with Gasteiger partial charge in [0.25, 0.3) is 5.91 Å². The molecule has 2 aromatic rings. The summed E-state index contributed by atoms with van der Waals surface area (Å²) >= 11 is 0. The third kappa shape index (κ3) is 4.56. The second-order valence-electron chi connectivity index (χ2n) is 7.17. The van der Waals surface area contributed by atoms with Crippen LogP contribution in [0.1, 0.15) is 54.9 Å². The van der Waals surface area contributed by atoms with Crippen LogP contribution in [0.5, 0.6) is 11.5 Å². The molecule has 1 amide bonds. The molecule has 0 spiro atoms. The summed E-state index contributed by atoms with van der Waals surface area (Å²) in [7, 11) is 3.07. The largest absolute Gasteiger partial charge is 0.496 e. The van der Waals surface area contributed by atoms with Crippen LogP contribution in [0.2, 0.25) is 0 Å². The van der Waals surface area contributed by atoms with Crippen LogP contribution in [0.25, 0.3) is 0 Å². The van der Waals surface area contributed by atoms with Gasteiger partial charge in [-0.2, -0.15) is 0 Å². The lowest BCUT2D eigenvalue weighted by Gasteiger charge is -2.13. The average Bonchev–Trinajstić information content (AvgIpc) is 2.98. The Morgan fingerprint density at radius 1 is 1.19 bits per heavy atom. The molecule has 0 bridgehead atoms. The third-order valence-corrected chi connectivity index (χ3v) is 4.06. The molecule has 1 heterocycles. The fourth-order valence-corrected chi connectivity index (χ4v) is 2.60. The fraction of sp³-hybridized carbons (Fsp3) is 0.500. The number of carbonyl (C=O) groups is 1. The van der Waals surface area contributed by atoms with Crippen molar-refractivity contribution in [2.75, 3.05) is 20.8 Å². The minimum absolute atomic E-state index is 0.113. The highest BCUT2D eigenvalue weighted by atomic mass is 16.5. The molecule has 0 radical (unpaired) electrons. The number of rotatable bonds is 7. The number of nitrogens with zero attached hydrogens (tertiary/aromatic N) is 1. The van der Waals surface area contributed by atoms with Gasteiger partial charge in [-0.3, -0.25) is 4.79 Å². The Bertz CT molecular complexity index is 737. The molecule has 26 heavy (non-hydrogen) atoms. The monoisotopic (exact) mass is 360 g/mol. The number of ether oxygens (including phenoxy) is 2. The molecule has 6 heteroatoms. The number of oxazole rings is 1. The minimum atomic E-state index is -0.219. The smallest absolute Gasteiger partial charge is 0.258 e. The van der Waals surface area contributed by atoms with Crippen molar-refractivity contribution in [3.63, 3.8) is 0 Å². The number of hydrogen-bond donors (Lipinski definition) is 1. The van der Waals surface area contributed by atoms with Gasteiger partial charge in [0.15, 0.2) is 5.89 Å². The Hall–Kier alpha value is -2.50. The number of amides is 1. The van der Waals surface area contributed by atoms with Crippen LogP contribution in [0, 0.1) is 6.92 Å². The molecule has 0 aliphatic carbocycles. The van der Waals surface area contributed by atoms with E-state index in [1.807, 2.05) is 6.92 Å². The lowest BCUT2D eigenvalue weighted by atomic mass is 9.97. The van der Waals surface area contributed by atoms with Crippen molar-refractivity contribution in [1.82, 2.24) is 10.3 Å². The number of nitrogens with one attached hydrogen (secondary N) is 1. The van der Waals surface area contributed by atoms with E-state index in [1.165, 1.54) is 14.2 Å². The zero-order valence-electron chi connectivity index (χ0n) is 16.4. The van der Waals surface area contributed by atoms with Crippen molar-refractivity contribution in [2.24, 2.45) is 0 Å². The van der Waals surface area contributed by atoms with Crippen molar-refractivity contribution in [3.8, 4) is 11.5 Å². The van der Waals surface area contributed by atoms with Gasteiger partial charge in [-0.25, -0.2) is 4.98 Å². The Labute approximate surface area is 154 Å². The van der Waals surface area contributed by atoms with Crippen LogP contribution in [0.15, 0.2) is 22.6 Å². The molecule has 0 saturated heterocycles. The summed E-state index contributed by atoms with van der Waals surface area (Å²) < 4.78 is 16.4. The van der Waals surface area contributed by atoms with Crippen molar-refractivity contribution < 1.29 is 18.7 Å². The second-order valence-corrected chi connectivity index (χ2v) is 7.17. The molecule has 0 saturated carbocycles. The quantitative estimate of drug-likeness (QED) is 0.763. The van der Waals surface area contributed by atoms with Crippen LogP contribution in [0.4, 0.5) is 0 Å². The molecule has 0 fully saturated rings. The van der Waals surface area contributed by atoms with Crippen LogP contribution >= 0.6 is 0 Å². The van der Waals surface area contributed by atoms with Crippen molar-refractivity contribution in [3.05, 3.63) is 41.1 Å². The second kappa shape index (κ2) is 8.25. The Balaban J connectivity index is 1.95.